The van der Waals surface area contributed by atoms with Gasteiger partial charge in [-0.15, -0.1) is 0 Å². The van der Waals surface area contributed by atoms with Crippen molar-refractivity contribution in [3.8, 4) is 0 Å². The van der Waals surface area contributed by atoms with Gasteiger partial charge in [0.1, 0.15) is 0 Å². The van der Waals surface area contributed by atoms with E-state index in [4.69, 9.17) is 0 Å². The fourth-order valence-electron chi connectivity index (χ4n) is 1.68. The topological polar surface area (TPSA) is 77.3 Å². The van der Waals surface area contributed by atoms with Crippen LogP contribution in [0.3, 0.4) is 0 Å². The van der Waals surface area contributed by atoms with Crippen LogP contribution in [0.25, 0.3) is 0 Å². The first kappa shape index (κ1) is 15.4. The van der Waals surface area contributed by atoms with Crippen molar-refractivity contribution >= 4 is 23.3 Å². The first-order valence-electron chi connectivity index (χ1n) is 6.42. The molecule has 0 atom stereocenters. The average molecular weight is 298 g/mol. The molecule has 0 amide bonds. The number of esters is 2. The molecular weight excluding hydrogens is 284 g/mol. The summed E-state index contributed by atoms with van der Waals surface area (Å²) in [6, 6.07) is 13.1. The van der Waals surface area contributed by atoms with E-state index in [1.807, 2.05) is 0 Å². The van der Waals surface area contributed by atoms with E-state index < -0.39 is 11.9 Å². The Balaban J connectivity index is 2.08. The Morgan fingerprint density at radius 2 is 1.00 bits per heavy atom. The molecule has 2 rings (SSSR count). The second-order valence-electron chi connectivity index (χ2n) is 4.28. The van der Waals surface area contributed by atoms with Crippen LogP contribution in [-0.4, -0.2) is 26.2 Å². The molecule has 0 aliphatic heterocycles. The molecule has 6 heteroatoms. The normalized spacial score (nSPS) is 10.5. The van der Waals surface area contributed by atoms with E-state index in [0.29, 0.717) is 22.5 Å². The molecule has 0 radical (unpaired) electrons. The Bertz CT molecular complexity index is 630. The molecule has 112 valence electrons. The molecule has 0 saturated heterocycles. The third-order valence-corrected chi connectivity index (χ3v) is 2.86. The minimum Gasteiger partial charge on any atom is -0.465 e. The van der Waals surface area contributed by atoms with Crippen LogP contribution in [0.5, 0.6) is 0 Å². The molecule has 0 fully saturated rings. The Kier molecular flexibility index (Phi) is 4.98. The molecule has 0 saturated carbocycles. The van der Waals surface area contributed by atoms with Crippen LogP contribution in [-0.2, 0) is 9.47 Å². The lowest BCUT2D eigenvalue weighted by Gasteiger charge is -1.99. The number of azo groups is 1. The third-order valence-electron chi connectivity index (χ3n) is 2.86. The molecule has 0 aromatic heterocycles. The van der Waals surface area contributed by atoms with Gasteiger partial charge in [0, 0.05) is 0 Å². The van der Waals surface area contributed by atoms with Crippen LogP contribution < -0.4 is 0 Å². The van der Waals surface area contributed by atoms with Gasteiger partial charge in [-0.25, -0.2) is 9.59 Å². The summed E-state index contributed by atoms with van der Waals surface area (Å²) >= 11 is 0. The number of carbonyl (C=O) groups is 2. The lowest BCUT2D eigenvalue weighted by molar-refractivity contribution is 0.0592. The maximum Gasteiger partial charge on any atom is 0.337 e. The zero-order chi connectivity index (χ0) is 15.9. The van der Waals surface area contributed by atoms with Gasteiger partial charge in [0.25, 0.3) is 0 Å². The third kappa shape index (κ3) is 3.76. The van der Waals surface area contributed by atoms with Gasteiger partial charge in [-0.2, -0.15) is 10.2 Å². The van der Waals surface area contributed by atoms with Gasteiger partial charge in [0.2, 0.25) is 0 Å². The highest BCUT2D eigenvalue weighted by atomic mass is 16.5. The van der Waals surface area contributed by atoms with E-state index in [9.17, 15) is 9.59 Å². The summed E-state index contributed by atoms with van der Waals surface area (Å²) in [5.74, 6) is -0.802. The lowest BCUT2D eigenvalue weighted by Crippen LogP contribution is -1.99. The Labute approximate surface area is 127 Å². The summed E-state index contributed by atoms with van der Waals surface area (Å²) in [5, 5.41) is 8.11. The largest absolute Gasteiger partial charge is 0.465 e. The zero-order valence-electron chi connectivity index (χ0n) is 12.1. The molecule has 22 heavy (non-hydrogen) atoms. The monoisotopic (exact) mass is 298 g/mol. The lowest BCUT2D eigenvalue weighted by atomic mass is 10.2. The molecule has 0 bridgehead atoms. The van der Waals surface area contributed by atoms with Crippen molar-refractivity contribution in [2.24, 2.45) is 10.2 Å². The molecule has 6 nitrogen and oxygen atoms in total. The minimum absolute atomic E-state index is 0.401. The summed E-state index contributed by atoms with van der Waals surface area (Å²) in [4.78, 5) is 22.6. The smallest absolute Gasteiger partial charge is 0.337 e. The summed E-state index contributed by atoms with van der Waals surface area (Å²) in [7, 11) is 2.65. The van der Waals surface area contributed by atoms with Crippen molar-refractivity contribution in [3.63, 3.8) is 0 Å². The second-order valence-corrected chi connectivity index (χ2v) is 4.28. The number of hydrogen-bond donors (Lipinski definition) is 0. The van der Waals surface area contributed by atoms with Crippen LogP contribution in [0.15, 0.2) is 58.8 Å². The van der Waals surface area contributed by atoms with E-state index in [-0.39, 0.29) is 0 Å². The molecule has 0 aliphatic rings. The standard InChI is InChI=1S/C16H14N2O4/c1-21-15(19)11-3-7-13(8-4-11)17-18-14-9-5-12(6-10-14)16(20)22-2/h3-10H,1-2H3/b18-17+. The summed E-state index contributed by atoms with van der Waals surface area (Å²) in [6.07, 6.45) is 0. The molecular formula is C16H14N2O4. The number of benzene rings is 2. The van der Waals surface area contributed by atoms with Crippen LogP contribution in [0.4, 0.5) is 11.4 Å². The van der Waals surface area contributed by atoms with Gasteiger partial charge in [-0.05, 0) is 48.5 Å². The molecule has 0 unspecified atom stereocenters. The highest BCUT2D eigenvalue weighted by molar-refractivity contribution is 5.90. The average Bonchev–Trinajstić information content (AvgIpc) is 2.59. The second kappa shape index (κ2) is 7.12. The van der Waals surface area contributed by atoms with Crippen molar-refractivity contribution in [2.45, 2.75) is 0 Å². The number of hydrogen-bond acceptors (Lipinski definition) is 6. The predicted octanol–water partition coefficient (Wildman–Crippen LogP) is 3.68. The van der Waals surface area contributed by atoms with E-state index in [2.05, 4.69) is 19.7 Å². The zero-order valence-corrected chi connectivity index (χ0v) is 12.1. The molecule has 2 aromatic rings. The van der Waals surface area contributed by atoms with Crippen molar-refractivity contribution < 1.29 is 19.1 Å². The molecule has 0 spiro atoms. The van der Waals surface area contributed by atoms with E-state index >= 15 is 0 Å². The van der Waals surface area contributed by atoms with Crippen LogP contribution >= 0.6 is 0 Å². The van der Waals surface area contributed by atoms with Gasteiger partial charge >= 0.3 is 11.9 Å². The highest BCUT2D eigenvalue weighted by Crippen LogP contribution is 2.19. The summed E-state index contributed by atoms with van der Waals surface area (Å²) in [6.45, 7) is 0. The predicted molar refractivity (Wildman–Crippen MR) is 79.7 cm³/mol. The molecule has 2 aromatic carbocycles. The van der Waals surface area contributed by atoms with E-state index in [0.717, 1.165) is 0 Å². The fourth-order valence-corrected chi connectivity index (χ4v) is 1.68. The molecule has 0 N–H and O–H groups in total. The maximum absolute atomic E-state index is 11.3. The van der Waals surface area contributed by atoms with Gasteiger partial charge in [-0.1, -0.05) is 0 Å². The van der Waals surface area contributed by atoms with Gasteiger partial charge < -0.3 is 9.47 Å². The van der Waals surface area contributed by atoms with Crippen molar-refractivity contribution in [2.75, 3.05) is 14.2 Å². The van der Waals surface area contributed by atoms with E-state index in [1.54, 1.807) is 48.5 Å². The molecule has 0 aliphatic carbocycles. The first-order valence-corrected chi connectivity index (χ1v) is 6.42. The van der Waals surface area contributed by atoms with Gasteiger partial charge in [0.15, 0.2) is 0 Å². The van der Waals surface area contributed by atoms with Crippen molar-refractivity contribution in [3.05, 3.63) is 59.7 Å². The first-order chi connectivity index (χ1) is 10.6. The van der Waals surface area contributed by atoms with Crippen molar-refractivity contribution in [1.29, 1.82) is 0 Å². The number of carbonyl (C=O) groups excluding carboxylic acids is 2. The summed E-state index contributed by atoms with van der Waals surface area (Å²) in [5.41, 5.74) is 2.10. The Hall–Kier alpha value is -3.02. The quantitative estimate of drug-likeness (QED) is 0.637. The number of nitrogens with zero attached hydrogens (tertiary/aromatic N) is 2. The van der Waals surface area contributed by atoms with Crippen LogP contribution in [0.2, 0.25) is 0 Å². The SMILES string of the molecule is COC(=O)c1ccc(/N=N/c2ccc(C(=O)OC)cc2)cc1. The number of methoxy groups -OCH3 is 2. The number of rotatable bonds is 4. The van der Waals surface area contributed by atoms with Crippen LogP contribution in [0, 0.1) is 0 Å². The Morgan fingerprint density at radius 3 is 1.27 bits per heavy atom. The fraction of sp³-hybridized carbons (Fsp3) is 0.125. The maximum atomic E-state index is 11.3. The van der Waals surface area contributed by atoms with E-state index in [1.165, 1.54) is 14.2 Å². The number of ether oxygens (including phenoxy) is 2. The molecule has 0 heterocycles. The van der Waals surface area contributed by atoms with Gasteiger partial charge in [0.05, 0.1) is 36.7 Å². The minimum atomic E-state index is -0.401. The summed E-state index contributed by atoms with van der Waals surface area (Å²) < 4.78 is 9.23. The Morgan fingerprint density at radius 1 is 0.682 bits per heavy atom. The highest BCUT2D eigenvalue weighted by Gasteiger charge is 2.05. The van der Waals surface area contributed by atoms with Crippen molar-refractivity contribution in [1.82, 2.24) is 0 Å². The van der Waals surface area contributed by atoms with Gasteiger partial charge in [-0.3, -0.25) is 0 Å². The van der Waals surface area contributed by atoms with Crippen LogP contribution in [0.1, 0.15) is 20.7 Å².